The molecule has 376 valence electrons. The van der Waals surface area contributed by atoms with Gasteiger partial charge < -0.3 is 53.6 Å². The normalized spacial score (nSPS) is 25.9. The van der Waals surface area contributed by atoms with Crippen LogP contribution in [0.4, 0.5) is 0 Å². The van der Waals surface area contributed by atoms with Crippen molar-refractivity contribution in [2.45, 2.75) is 142 Å². The van der Waals surface area contributed by atoms with Gasteiger partial charge in [0, 0.05) is 26.9 Å². The van der Waals surface area contributed by atoms with Crippen molar-refractivity contribution < 1.29 is 63.2 Å². The molecule has 0 radical (unpaired) electrons. The number of nitrogens with zero attached hydrogens (tertiary/aromatic N) is 6. The molecule has 10 atom stereocenters. The van der Waals surface area contributed by atoms with Crippen molar-refractivity contribution in [3.63, 3.8) is 0 Å². The summed E-state index contributed by atoms with van der Waals surface area (Å²) in [4.78, 5) is 30.6. The molecule has 5 rings (SSSR count). The van der Waals surface area contributed by atoms with Gasteiger partial charge in [-0.05, 0) is 108 Å². The minimum Gasteiger partial charge on any atom is -0.493 e. The summed E-state index contributed by atoms with van der Waals surface area (Å²) in [5.41, 5.74) is 19.8. The predicted octanol–water partition coefficient (Wildman–Crippen LogP) is 8.96. The van der Waals surface area contributed by atoms with E-state index in [1.54, 1.807) is 88.4 Å². The first-order valence-corrected chi connectivity index (χ1v) is 23.0. The average molecular weight is 961 g/mol. The summed E-state index contributed by atoms with van der Waals surface area (Å²) >= 11 is 0. The van der Waals surface area contributed by atoms with E-state index in [4.69, 9.17) is 44.2 Å². The molecular weight excluding hydrogens is 893 g/mol. The van der Waals surface area contributed by atoms with Gasteiger partial charge in [0.1, 0.15) is 42.0 Å². The summed E-state index contributed by atoms with van der Waals surface area (Å²) in [6.07, 6.45) is 9.88. The Hall–Kier alpha value is -5.72. The molecule has 3 aliphatic rings. The van der Waals surface area contributed by atoms with Gasteiger partial charge in [0.2, 0.25) is 0 Å². The fraction of sp³-hybridized carbons (Fsp3) is 0.560. The summed E-state index contributed by atoms with van der Waals surface area (Å²) in [5, 5.41) is 47.8. The number of esters is 1. The van der Waals surface area contributed by atoms with E-state index in [0.717, 1.165) is 5.56 Å². The van der Waals surface area contributed by atoms with Crippen LogP contribution >= 0.6 is 0 Å². The maximum atomic E-state index is 13.2. The van der Waals surface area contributed by atoms with Crippen molar-refractivity contribution in [2.24, 2.45) is 22.1 Å². The molecule has 0 spiro atoms. The third-order valence-electron chi connectivity index (χ3n) is 11.7. The molecule has 69 heavy (non-hydrogen) atoms. The number of rotatable bonds is 16. The molecule has 3 aliphatic heterocycles. The summed E-state index contributed by atoms with van der Waals surface area (Å²) in [7, 11) is 0. The zero-order chi connectivity index (χ0) is 51.1. The quantitative estimate of drug-likeness (QED) is 0.0306. The number of ether oxygens (including phenoxy) is 7. The minimum absolute atomic E-state index is 0.103. The molecule has 0 saturated carbocycles. The number of aliphatic hydroxyl groups excluding tert-OH is 3. The number of carboxylic acid groups (broad SMARTS) is 1. The molecule has 0 aromatic heterocycles. The van der Waals surface area contributed by atoms with E-state index >= 15 is 0 Å². The van der Waals surface area contributed by atoms with E-state index in [1.165, 1.54) is 0 Å². The highest BCUT2D eigenvalue weighted by atomic mass is 16.8. The molecule has 2 fully saturated rings. The Morgan fingerprint density at radius 2 is 1.52 bits per heavy atom. The van der Waals surface area contributed by atoms with Crippen LogP contribution in [0, 0.1) is 25.7 Å². The van der Waals surface area contributed by atoms with Crippen LogP contribution in [-0.2, 0) is 23.7 Å². The molecule has 0 aliphatic carbocycles. The van der Waals surface area contributed by atoms with Crippen molar-refractivity contribution in [2.75, 3.05) is 26.3 Å². The van der Waals surface area contributed by atoms with Crippen LogP contribution in [0.3, 0.4) is 0 Å². The number of azide groups is 2. The third kappa shape index (κ3) is 16.2. The number of aryl methyl sites for hydroxylation is 2. The maximum Gasteiger partial charge on any atom is 0.339 e. The van der Waals surface area contributed by atoms with Crippen LogP contribution < -0.4 is 9.47 Å². The zero-order valence-electron chi connectivity index (χ0n) is 41.1. The monoisotopic (exact) mass is 960 g/mol. The smallest absolute Gasteiger partial charge is 0.339 e. The molecule has 2 unspecified atom stereocenters. The Morgan fingerprint density at radius 1 is 0.899 bits per heavy atom. The Bertz CT molecular complexity index is 2300. The second-order valence-corrected chi connectivity index (χ2v) is 18.1. The Labute approximate surface area is 403 Å². The average Bonchev–Trinajstić information content (AvgIpc) is 3.78. The summed E-state index contributed by atoms with van der Waals surface area (Å²) in [6, 6.07) is 6.92. The van der Waals surface area contributed by atoms with Gasteiger partial charge in [-0.1, -0.05) is 84.8 Å². The van der Waals surface area contributed by atoms with Crippen molar-refractivity contribution in [1.82, 2.24) is 0 Å². The lowest BCUT2D eigenvalue weighted by Gasteiger charge is -2.23. The fourth-order valence-electron chi connectivity index (χ4n) is 7.80. The highest BCUT2D eigenvalue weighted by molar-refractivity contribution is 5.97. The van der Waals surface area contributed by atoms with E-state index < -0.39 is 66.2 Å². The Morgan fingerprint density at radius 3 is 2.16 bits per heavy atom. The van der Waals surface area contributed by atoms with Crippen LogP contribution in [0.15, 0.2) is 71.0 Å². The number of aliphatic hydroxyl groups is 3. The van der Waals surface area contributed by atoms with E-state index in [0.29, 0.717) is 46.6 Å². The second kappa shape index (κ2) is 25.8. The molecule has 3 heterocycles. The van der Waals surface area contributed by atoms with Crippen LogP contribution in [0.2, 0.25) is 0 Å². The molecule has 2 aromatic carbocycles. The number of carboxylic acids is 1. The van der Waals surface area contributed by atoms with Gasteiger partial charge in [-0.3, -0.25) is 0 Å². The van der Waals surface area contributed by atoms with E-state index in [9.17, 15) is 30.0 Å². The van der Waals surface area contributed by atoms with Gasteiger partial charge >= 0.3 is 11.9 Å². The van der Waals surface area contributed by atoms with Gasteiger partial charge in [-0.25, -0.2) is 9.59 Å². The molecule has 0 amide bonds. The number of cyclic esters (lactones) is 1. The van der Waals surface area contributed by atoms with Gasteiger partial charge in [-0.2, -0.15) is 0 Å². The topological polar surface area (TPSA) is 277 Å². The number of carbonyl (C=O) groups is 2. The summed E-state index contributed by atoms with van der Waals surface area (Å²) in [6.45, 7) is 18.5. The third-order valence-corrected chi connectivity index (χ3v) is 11.7. The number of fused-ring (bicyclic) bond motifs is 2. The predicted molar refractivity (Wildman–Crippen MR) is 258 cm³/mol. The lowest BCUT2D eigenvalue weighted by molar-refractivity contribution is -0.152. The number of hydrogen-bond donors (Lipinski definition) is 4. The SMILES string of the molecule is Cc1ccc(OCCN=[N+]=[N-])c(/C=C/C[C@@H]2OC(C)(C)O[C@@H]2C(O)/C=C\[C@@H](C)[C@H](C)O)c1C(=O)O.Cc1ccc(OCCN=[N+]=[N-])c2c1C(=O)O[C@@H](C)[C@H](C)/C=C\C(O)[C@H]1OC(C)(C)O[C@H]1CC=C2. The number of benzene rings is 2. The van der Waals surface area contributed by atoms with Gasteiger partial charge in [0.05, 0.1) is 55.7 Å². The van der Waals surface area contributed by atoms with Crippen LogP contribution in [-0.4, -0.2) is 119 Å². The van der Waals surface area contributed by atoms with Crippen molar-refractivity contribution in [3.05, 3.63) is 115 Å². The van der Waals surface area contributed by atoms with Gasteiger partial charge in [0.25, 0.3) is 0 Å². The fourth-order valence-corrected chi connectivity index (χ4v) is 7.80. The van der Waals surface area contributed by atoms with Gasteiger partial charge in [0.15, 0.2) is 11.6 Å². The number of hydrogen-bond acceptors (Lipinski definition) is 14. The molecular formula is C50H68N6O13. The standard InChI is InChI=1S/C25H35N3O7.C25H33N3O6/c1-15(17(3)29)9-11-19(30)23-21(34-25(4,5)35-23)8-6-7-18-20(33-14-13-27-28-26)12-10-16(2)22(18)24(31)32;1-15-9-11-19(29)23-21(33-25(4,5)34-23)8-6-7-18-20(31-14-13-27-28-26)12-10-16(2)22(18)24(30)32-17(15)3/h6-7,9-12,15,17,19,21,23,29-30H,8,13-14H2,1-5H3,(H,31,32);6-7,9-12,15,17,19,21,23,29H,8,13-14H2,1-5H3/b7-6+,11-9-;7-6?,11-9-/t2*15-,17+,19?,21+,23-/m11/s1. The molecule has 4 N–H and O–H groups in total. The Balaban J connectivity index is 0.000000301. The zero-order valence-corrected chi connectivity index (χ0v) is 41.1. The van der Waals surface area contributed by atoms with Crippen molar-refractivity contribution >= 4 is 24.1 Å². The van der Waals surface area contributed by atoms with Gasteiger partial charge in [-0.15, -0.1) is 0 Å². The van der Waals surface area contributed by atoms with E-state index in [-0.39, 0.29) is 49.8 Å². The minimum atomic E-state index is -1.09. The lowest BCUT2D eigenvalue weighted by atomic mass is 9.97. The maximum absolute atomic E-state index is 13.2. The highest BCUT2D eigenvalue weighted by Gasteiger charge is 2.45. The number of aromatic carboxylic acids is 1. The molecule has 2 saturated heterocycles. The first-order valence-electron chi connectivity index (χ1n) is 23.0. The van der Waals surface area contributed by atoms with E-state index in [2.05, 4.69) is 20.1 Å². The van der Waals surface area contributed by atoms with Crippen LogP contribution in [0.1, 0.15) is 111 Å². The van der Waals surface area contributed by atoms with Crippen LogP contribution in [0.5, 0.6) is 11.5 Å². The molecule has 19 heteroatoms. The van der Waals surface area contributed by atoms with Crippen LogP contribution in [0.25, 0.3) is 33.0 Å². The lowest BCUT2D eigenvalue weighted by Crippen LogP contribution is -2.34. The molecule has 0 bridgehead atoms. The second-order valence-electron chi connectivity index (χ2n) is 18.1. The van der Waals surface area contributed by atoms with Crippen molar-refractivity contribution in [1.29, 1.82) is 0 Å². The molecule has 2 aromatic rings. The first-order chi connectivity index (χ1) is 32.6. The number of carbonyl (C=O) groups excluding carboxylic acids is 1. The van der Waals surface area contributed by atoms with E-state index in [1.807, 2.05) is 53.7 Å². The first kappa shape index (κ1) is 55.9. The van der Waals surface area contributed by atoms with Crippen molar-refractivity contribution in [3.8, 4) is 11.5 Å². The highest BCUT2D eigenvalue weighted by Crippen LogP contribution is 2.36. The largest absolute Gasteiger partial charge is 0.493 e. The summed E-state index contributed by atoms with van der Waals surface area (Å²) in [5.74, 6) is -2.71. The Kier molecular flexibility index (Phi) is 20.9. The summed E-state index contributed by atoms with van der Waals surface area (Å²) < 4.78 is 41.2. The molecule has 19 nitrogen and oxygen atoms in total.